The Bertz CT molecular complexity index is 1460. The molecule has 0 spiro atoms. The van der Waals surface area contributed by atoms with Crippen molar-refractivity contribution in [3.63, 3.8) is 0 Å². The molecule has 4 aromatic rings. The van der Waals surface area contributed by atoms with Crippen LogP contribution >= 0.6 is 0 Å². The lowest BCUT2D eigenvalue weighted by Crippen LogP contribution is -1.95. The Labute approximate surface area is 198 Å². The van der Waals surface area contributed by atoms with Gasteiger partial charge in [-0.25, -0.2) is 0 Å². The van der Waals surface area contributed by atoms with Crippen LogP contribution in [0.4, 0.5) is 11.4 Å². The second-order valence-electron chi connectivity index (χ2n) is 7.65. The minimum absolute atomic E-state index is 0.0150. The number of rotatable bonds is 6. The minimum Gasteiger partial charge on any atom is -0.454 e. The lowest BCUT2D eigenvalue weighted by molar-refractivity contribution is -0.384. The molecule has 3 heterocycles. The molecule has 0 atom stereocenters. The second-order valence-corrected chi connectivity index (χ2v) is 7.65. The van der Waals surface area contributed by atoms with Crippen LogP contribution in [0.25, 0.3) is 22.5 Å². The van der Waals surface area contributed by atoms with Crippen molar-refractivity contribution in [2.75, 3.05) is 19.0 Å². The van der Waals surface area contributed by atoms with E-state index in [9.17, 15) is 10.1 Å². The van der Waals surface area contributed by atoms with Gasteiger partial charge in [-0.1, -0.05) is 24.3 Å². The third-order valence-corrected chi connectivity index (χ3v) is 5.54. The summed E-state index contributed by atoms with van der Waals surface area (Å²) >= 11 is 0. The molecule has 0 aliphatic carbocycles. The fraction of sp³-hybridized carbons (Fsp3) is 0.0800. The van der Waals surface area contributed by atoms with Crippen molar-refractivity contribution in [1.29, 1.82) is 0 Å². The van der Waals surface area contributed by atoms with Crippen LogP contribution in [0.15, 0.2) is 76.2 Å². The van der Waals surface area contributed by atoms with E-state index in [-0.39, 0.29) is 36.4 Å². The molecular weight excluding hydrogens is 454 g/mol. The van der Waals surface area contributed by atoms with Gasteiger partial charge in [-0.15, -0.1) is 0 Å². The third kappa shape index (κ3) is 3.76. The van der Waals surface area contributed by atoms with E-state index in [1.807, 2.05) is 30.3 Å². The quantitative estimate of drug-likeness (QED) is 0.225. The summed E-state index contributed by atoms with van der Waals surface area (Å²) in [6.07, 6.45) is 1.29. The zero-order valence-electron chi connectivity index (χ0n) is 18.1. The molecule has 1 N–H and O–H groups in total. The van der Waals surface area contributed by atoms with Crippen LogP contribution in [0.5, 0.6) is 23.0 Å². The summed E-state index contributed by atoms with van der Waals surface area (Å²) in [4.78, 5) is 11.8. The minimum atomic E-state index is -0.482. The van der Waals surface area contributed by atoms with Crippen LogP contribution in [0.3, 0.4) is 0 Å². The van der Waals surface area contributed by atoms with E-state index in [2.05, 4.69) is 10.5 Å². The summed E-state index contributed by atoms with van der Waals surface area (Å²) in [5.74, 6) is 2.45. The van der Waals surface area contributed by atoms with Crippen molar-refractivity contribution in [3.05, 3.63) is 82.6 Å². The number of nitrogens with one attached hydrogen (secondary N) is 1. The number of ether oxygens (including phenoxy) is 4. The number of nitrogens with zero attached hydrogens (tertiary/aromatic N) is 2. The molecule has 0 saturated heterocycles. The van der Waals surface area contributed by atoms with Gasteiger partial charge in [0.2, 0.25) is 19.3 Å². The van der Waals surface area contributed by atoms with Crippen LogP contribution < -0.4 is 24.4 Å². The number of benzene rings is 3. The van der Waals surface area contributed by atoms with Gasteiger partial charge in [0.05, 0.1) is 16.8 Å². The SMILES string of the molecule is O=[N+]([O-])c1c(/C=N\Nc2ccccc2)oc(-c2ccc3c(c2)OCO3)c1-c1ccc2c(c1)OCO2. The molecule has 0 amide bonds. The number of hydrazone groups is 1. The summed E-state index contributed by atoms with van der Waals surface area (Å²) in [7, 11) is 0. The molecule has 0 unspecified atom stereocenters. The van der Waals surface area contributed by atoms with Crippen molar-refractivity contribution < 1.29 is 28.3 Å². The molecule has 1 aromatic heterocycles. The normalized spacial score (nSPS) is 13.4. The highest BCUT2D eigenvalue weighted by atomic mass is 16.7. The number of furan rings is 1. The van der Waals surface area contributed by atoms with E-state index < -0.39 is 4.92 Å². The van der Waals surface area contributed by atoms with Gasteiger partial charge in [0.1, 0.15) is 11.3 Å². The number of hydrogen-bond donors (Lipinski definition) is 1. The zero-order valence-corrected chi connectivity index (χ0v) is 18.1. The van der Waals surface area contributed by atoms with E-state index in [0.29, 0.717) is 34.1 Å². The Morgan fingerprint density at radius 1 is 0.829 bits per heavy atom. The first kappa shape index (κ1) is 20.6. The molecule has 0 saturated carbocycles. The highest BCUT2D eigenvalue weighted by molar-refractivity contribution is 5.96. The molecule has 0 fully saturated rings. The first-order valence-corrected chi connectivity index (χ1v) is 10.6. The van der Waals surface area contributed by atoms with Crippen molar-refractivity contribution in [2.24, 2.45) is 5.10 Å². The van der Waals surface area contributed by atoms with Crippen LogP contribution in [-0.4, -0.2) is 24.7 Å². The molecule has 3 aromatic carbocycles. The molecule has 0 radical (unpaired) electrons. The van der Waals surface area contributed by atoms with Crippen molar-refractivity contribution in [3.8, 4) is 45.4 Å². The summed E-state index contributed by atoms with van der Waals surface area (Å²) in [5, 5.41) is 16.4. The Balaban J connectivity index is 1.50. The largest absolute Gasteiger partial charge is 0.454 e. The van der Waals surface area contributed by atoms with Crippen molar-refractivity contribution >= 4 is 17.6 Å². The summed E-state index contributed by atoms with van der Waals surface area (Å²) in [6, 6.07) is 19.6. The molecule has 10 nitrogen and oxygen atoms in total. The van der Waals surface area contributed by atoms with Gasteiger partial charge in [0.15, 0.2) is 23.0 Å². The van der Waals surface area contributed by atoms with Crippen LogP contribution in [-0.2, 0) is 0 Å². The lowest BCUT2D eigenvalue weighted by Gasteiger charge is -2.05. The standard InChI is InChI=1S/C25H17N3O7/c29-28(30)24-22(12-26-27-17-4-2-1-3-5-17)35-25(16-7-9-19-21(11-16)34-14-32-19)23(24)15-6-8-18-20(10-15)33-13-31-18/h1-12,27H,13-14H2/b26-12-. The van der Waals surface area contributed by atoms with Gasteiger partial charge < -0.3 is 23.4 Å². The number of anilines is 1. The molecule has 10 heteroatoms. The maximum absolute atomic E-state index is 12.3. The Morgan fingerprint density at radius 3 is 2.14 bits per heavy atom. The second kappa shape index (κ2) is 8.41. The van der Waals surface area contributed by atoms with Crippen molar-refractivity contribution in [1.82, 2.24) is 0 Å². The maximum Gasteiger partial charge on any atom is 0.324 e. The van der Waals surface area contributed by atoms with E-state index in [0.717, 1.165) is 5.69 Å². The van der Waals surface area contributed by atoms with Gasteiger partial charge in [-0.2, -0.15) is 5.10 Å². The van der Waals surface area contributed by atoms with E-state index >= 15 is 0 Å². The molecule has 174 valence electrons. The van der Waals surface area contributed by atoms with Gasteiger partial charge in [0, 0.05) is 5.56 Å². The predicted octanol–water partition coefficient (Wildman–Crippen LogP) is 5.43. The number of fused-ring (bicyclic) bond motifs is 2. The monoisotopic (exact) mass is 471 g/mol. The molecule has 6 rings (SSSR count). The first-order chi connectivity index (χ1) is 17.2. The highest BCUT2D eigenvalue weighted by Crippen LogP contribution is 2.47. The smallest absolute Gasteiger partial charge is 0.324 e. The number of hydrogen-bond acceptors (Lipinski definition) is 9. The molecule has 2 aliphatic rings. The van der Waals surface area contributed by atoms with Gasteiger partial charge in [0.25, 0.3) is 0 Å². The zero-order chi connectivity index (χ0) is 23.8. The van der Waals surface area contributed by atoms with Crippen molar-refractivity contribution in [2.45, 2.75) is 0 Å². The molecule has 0 bridgehead atoms. The fourth-order valence-corrected chi connectivity index (χ4v) is 3.95. The maximum atomic E-state index is 12.3. The van der Waals surface area contributed by atoms with Gasteiger partial charge in [-0.05, 0) is 48.0 Å². The van der Waals surface area contributed by atoms with Gasteiger partial charge >= 0.3 is 5.69 Å². The number of para-hydroxylation sites is 1. The van der Waals surface area contributed by atoms with Gasteiger partial charge in [-0.3, -0.25) is 15.5 Å². The topological polar surface area (TPSA) is 118 Å². The average molecular weight is 471 g/mol. The predicted molar refractivity (Wildman–Crippen MR) is 126 cm³/mol. The van der Waals surface area contributed by atoms with Crippen LogP contribution in [0, 0.1) is 10.1 Å². The van der Waals surface area contributed by atoms with Crippen LogP contribution in [0.1, 0.15) is 5.76 Å². The highest BCUT2D eigenvalue weighted by Gasteiger charge is 2.32. The summed E-state index contributed by atoms with van der Waals surface area (Å²) < 4.78 is 27.8. The summed E-state index contributed by atoms with van der Waals surface area (Å²) in [5.41, 5.74) is 4.75. The Hall–Kier alpha value is -4.99. The number of nitro groups is 1. The first-order valence-electron chi connectivity index (χ1n) is 10.6. The fourth-order valence-electron chi connectivity index (χ4n) is 3.95. The van der Waals surface area contributed by atoms with E-state index in [1.54, 1.807) is 36.4 Å². The third-order valence-electron chi connectivity index (χ3n) is 5.54. The van der Waals surface area contributed by atoms with Crippen LogP contribution in [0.2, 0.25) is 0 Å². The lowest BCUT2D eigenvalue weighted by atomic mass is 9.99. The Morgan fingerprint density at radius 2 is 1.46 bits per heavy atom. The average Bonchev–Trinajstić information content (AvgIpc) is 3.61. The van der Waals surface area contributed by atoms with E-state index in [4.69, 9.17) is 23.4 Å². The summed E-state index contributed by atoms with van der Waals surface area (Å²) in [6.45, 7) is 0.194. The molecule has 2 aliphatic heterocycles. The molecule has 35 heavy (non-hydrogen) atoms. The Kier molecular flexibility index (Phi) is 4.95. The van der Waals surface area contributed by atoms with E-state index in [1.165, 1.54) is 6.21 Å². The molecular formula is C25H17N3O7.